The predicted octanol–water partition coefficient (Wildman–Crippen LogP) is 2.60. The van der Waals surface area contributed by atoms with Crippen molar-refractivity contribution in [1.29, 1.82) is 0 Å². The van der Waals surface area contributed by atoms with Gasteiger partial charge in [-0.05, 0) is 48.4 Å². The molecule has 1 atom stereocenters. The quantitative estimate of drug-likeness (QED) is 0.806. The summed E-state index contributed by atoms with van der Waals surface area (Å²) >= 11 is 0. The number of ether oxygens (including phenoxy) is 1. The van der Waals surface area contributed by atoms with Gasteiger partial charge in [0.1, 0.15) is 5.75 Å². The molecule has 1 unspecified atom stereocenters. The molecule has 1 aliphatic rings. The lowest BCUT2D eigenvalue weighted by molar-refractivity contribution is 0.0940. The molecule has 2 aromatic carbocycles. The Kier molecular flexibility index (Phi) is 4.37. The zero-order chi connectivity index (χ0) is 17.1. The fraction of sp³-hybridized carbons (Fsp3) is 0.222. The van der Waals surface area contributed by atoms with Crippen LogP contribution < -0.4 is 21.1 Å². The van der Waals surface area contributed by atoms with Crippen LogP contribution in [0, 0.1) is 0 Å². The Morgan fingerprint density at radius 1 is 1.17 bits per heavy atom. The Hall–Kier alpha value is -3.02. The van der Waals surface area contributed by atoms with Crippen LogP contribution in [0.3, 0.4) is 0 Å². The number of anilines is 1. The predicted molar refractivity (Wildman–Crippen MR) is 91.2 cm³/mol. The van der Waals surface area contributed by atoms with Crippen molar-refractivity contribution in [3.05, 3.63) is 59.2 Å². The van der Waals surface area contributed by atoms with Gasteiger partial charge in [-0.25, -0.2) is 4.79 Å². The van der Waals surface area contributed by atoms with Gasteiger partial charge in [0, 0.05) is 17.7 Å². The van der Waals surface area contributed by atoms with E-state index in [-0.39, 0.29) is 11.9 Å². The van der Waals surface area contributed by atoms with Crippen LogP contribution >= 0.6 is 0 Å². The fourth-order valence-corrected chi connectivity index (χ4v) is 2.69. The van der Waals surface area contributed by atoms with Crippen LogP contribution in [-0.4, -0.2) is 18.5 Å². The minimum absolute atomic E-state index is 0.128. The zero-order valence-corrected chi connectivity index (χ0v) is 13.3. The maximum Gasteiger partial charge on any atom is 0.316 e. The van der Waals surface area contributed by atoms with Gasteiger partial charge in [-0.15, -0.1) is 0 Å². The van der Waals surface area contributed by atoms with Gasteiger partial charge in [0.25, 0.3) is 5.91 Å². The lowest BCUT2D eigenvalue weighted by Gasteiger charge is -2.15. The Bertz CT molecular complexity index is 772. The highest BCUT2D eigenvalue weighted by Crippen LogP contribution is 2.26. The lowest BCUT2D eigenvalue weighted by Crippen LogP contribution is -2.26. The molecule has 0 fully saturated rings. The lowest BCUT2D eigenvalue weighted by atomic mass is 10.1. The van der Waals surface area contributed by atoms with E-state index in [1.165, 1.54) is 0 Å². The SMILES string of the molecule is CC(NC(=O)c1ccc2c(c1)CCO2)c1ccc(NC(N)=O)cc1. The van der Waals surface area contributed by atoms with Crippen molar-refractivity contribution in [3.63, 3.8) is 0 Å². The number of hydrogen-bond acceptors (Lipinski definition) is 3. The van der Waals surface area contributed by atoms with Gasteiger partial charge in [-0.2, -0.15) is 0 Å². The van der Waals surface area contributed by atoms with Crippen LogP contribution in [0.2, 0.25) is 0 Å². The van der Waals surface area contributed by atoms with Crippen molar-refractivity contribution < 1.29 is 14.3 Å². The number of rotatable bonds is 4. The van der Waals surface area contributed by atoms with Crippen molar-refractivity contribution in [2.45, 2.75) is 19.4 Å². The number of benzene rings is 2. The third-order valence-electron chi connectivity index (χ3n) is 3.98. The van der Waals surface area contributed by atoms with E-state index in [0.29, 0.717) is 17.9 Å². The molecule has 0 aliphatic carbocycles. The second-order valence-corrected chi connectivity index (χ2v) is 5.73. The molecule has 0 bridgehead atoms. The molecule has 3 rings (SSSR count). The number of nitrogens with two attached hydrogens (primary N) is 1. The monoisotopic (exact) mass is 325 g/mol. The summed E-state index contributed by atoms with van der Waals surface area (Å²) in [5.74, 6) is 0.730. The van der Waals surface area contributed by atoms with Gasteiger partial charge in [0.2, 0.25) is 0 Å². The molecule has 0 spiro atoms. The summed E-state index contributed by atoms with van der Waals surface area (Å²) in [6.07, 6.45) is 0.834. The molecule has 0 saturated carbocycles. The highest BCUT2D eigenvalue weighted by atomic mass is 16.5. The number of primary amides is 1. The second kappa shape index (κ2) is 6.62. The first-order valence-corrected chi connectivity index (χ1v) is 7.76. The normalized spacial score (nSPS) is 13.5. The molecule has 0 aromatic heterocycles. The molecule has 3 amide bonds. The van der Waals surface area contributed by atoms with E-state index in [1.807, 2.05) is 31.2 Å². The van der Waals surface area contributed by atoms with Gasteiger partial charge in [0.05, 0.1) is 12.6 Å². The van der Waals surface area contributed by atoms with E-state index in [0.717, 1.165) is 23.3 Å². The Morgan fingerprint density at radius 2 is 1.92 bits per heavy atom. The van der Waals surface area contributed by atoms with E-state index in [2.05, 4.69) is 10.6 Å². The molecular weight excluding hydrogens is 306 g/mol. The van der Waals surface area contributed by atoms with Crippen LogP contribution in [0.25, 0.3) is 0 Å². The number of amides is 3. The minimum atomic E-state index is -0.607. The molecule has 2 aromatic rings. The highest BCUT2D eigenvalue weighted by Gasteiger charge is 2.16. The van der Waals surface area contributed by atoms with Gasteiger partial charge in [-0.3, -0.25) is 4.79 Å². The molecule has 24 heavy (non-hydrogen) atoms. The Balaban J connectivity index is 1.66. The summed E-state index contributed by atoms with van der Waals surface area (Å²) in [5, 5.41) is 5.47. The number of carbonyl (C=O) groups is 2. The van der Waals surface area contributed by atoms with E-state index >= 15 is 0 Å². The molecule has 1 aliphatic heterocycles. The van der Waals surface area contributed by atoms with Gasteiger partial charge in [-0.1, -0.05) is 12.1 Å². The van der Waals surface area contributed by atoms with Gasteiger partial charge in [0.15, 0.2) is 0 Å². The molecule has 6 heteroatoms. The second-order valence-electron chi connectivity index (χ2n) is 5.73. The van der Waals surface area contributed by atoms with E-state index in [1.54, 1.807) is 18.2 Å². The zero-order valence-electron chi connectivity index (χ0n) is 13.3. The first kappa shape index (κ1) is 15.9. The third-order valence-corrected chi connectivity index (χ3v) is 3.98. The maximum absolute atomic E-state index is 12.4. The van der Waals surface area contributed by atoms with Gasteiger partial charge >= 0.3 is 6.03 Å². The summed E-state index contributed by atoms with van der Waals surface area (Å²) < 4.78 is 5.45. The molecule has 6 nitrogen and oxygen atoms in total. The number of nitrogens with one attached hydrogen (secondary N) is 2. The number of hydrogen-bond donors (Lipinski definition) is 3. The summed E-state index contributed by atoms with van der Waals surface area (Å²) in [6.45, 7) is 2.58. The summed E-state index contributed by atoms with van der Waals surface area (Å²) in [4.78, 5) is 23.2. The summed E-state index contributed by atoms with van der Waals surface area (Å²) in [7, 11) is 0. The van der Waals surface area contributed by atoms with Crippen LogP contribution in [0.4, 0.5) is 10.5 Å². The number of urea groups is 1. The van der Waals surface area contributed by atoms with E-state index < -0.39 is 6.03 Å². The highest BCUT2D eigenvalue weighted by molar-refractivity contribution is 5.95. The van der Waals surface area contributed by atoms with Crippen LogP contribution in [0.15, 0.2) is 42.5 Å². The third kappa shape index (κ3) is 3.48. The molecule has 4 N–H and O–H groups in total. The average molecular weight is 325 g/mol. The first-order valence-electron chi connectivity index (χ1n) is 7.76. The fourth-order valence-electron chi connectivity index (χ4n) is 2.69. The van der Waals surface area contributed by atoms with Crippen molar-refractivity contribution in [2.75, 3.05) is 11.9 Å². The van der Waals surface area contributed by atoms with Crippen molar-refractivity contribution in [2.24, 2.45) is 5.73 Å². The summed E-state index contributed by atoms with van der Waals surface area (Å²) in [5.41, 5.74) is 8.31. The number of carbonyl (C=O) groups excluding carboxylic acids is 2. The van der Waals surface area contributed by atoms with Crippen LogP contribution in [0.5, 0.6) is 5.75 Å². The van der Waals surface area contributed by atoms with Gasteiger partial charge < -0.3 is 21.1 Å². The molecule has 124 valence electrons. The average Bonchev–Trinajstić information content (AvgIpc) is 3.02. The smallest absolute Gasteiger partial charge is 0.316 e. The van der Waals surface area contributed by atoms with Crippen LogP contribution in [-0.2, 0) is 6.42 Å². The van der Waals surface area contributed by atoms with E-state index in [4.69, 9.17) is 10.5 Å². The van der Waals surface area contributed by atoms with Crippen LogP contribution in [0.1, 0.15) is 34.5 Å². The first-order chi connectivity index (χ1) is 11.5. The maximum atomic E-state index is 12.4. The van der Waals surface area contributed by atoms with Crippen molar-refractivity contribution in [3.8, 4) is 5.75 Å². The Labute approximate surface area is 140 Å². The summed E-state index contributed by atoms with van der Waals surface area (Å²) in [6, 6.07) is 11.9. The topological polar surface area (TPSA) is 93.4 Å². The molecular formula is C18H19N3O3. The van der Waals surface area contributed by atoms with Crippen molar-refractivity contribution in [1.82, 2.24) is 5.32 Å². The molecule has 0 saturated heterocycles. The van der Waals surface area contributed by atoms with Crippen molar-refractivity contribution >= 4 is 17.6 Å². The number of fused-ring (bicyclic) bond motifs is 1. The Morgan fingerprint density at radius 3 is 2.62 bits per heavy atom. The molecule has 1 heterocycles. The minimum Gasteiger partial charge on any atom is -0.493 e. The largest absolute Gasteiger partial charge is 0.493 e. The standard InChI is InChI=1S/C18H19N3O3/c1-11(12-2-5-15(6-3-12)21-18(19)23)20-17(22)14-4-7-16-13(10-14)8-9-24-16/h2-7,10-11H,8-9H2,1H3,(H,20,22)(H3,19,21,23). The van der Waals surface area contributed by atoms with E-state index in [9.17, 15) is 9.59 Å². The molecule has 0 radical (unpaired) electrons.